The van der Waals surface area contributed by atoms with Crippen LogP contribution >= 0.6 is 11.6 Å². The van der Waals surface area contributed by atoms with Gasteiger partial charge in [-0.05, 0) is 59.4 Å². The van der Waals surface area contributed by atoms with Gasteiger partial charge in [0.15, 0.2) is 5.82 Å². The summed E-state index contributed by atoms with van der Waals surface area (Å²) in [5.41, 5.74) is 3.82. The van der Waals surface area contributed by atoms with Crippen molar-refractivity contribution in [1.82, 2.24) is 15.1 Å². The largest absolute Gasteiger partial charge is 0.439 e. The Balaban J connectivity index is 1.52. The van der Waals surface area contributed by atoms with E-state index in [-0.39, 0.29) is 11.2 Å². The second-order valence-corrected chi connectivity index (χ2v) is 9.46. The standard InChI is InChI=1S/C25H20ClF3N4O2/c1-24(2)9-10-33(16-5-6-17(19(26)12-16)22-31-23(34)35-32-22)20-7-3-14(11-18(20)24)15-4-8-21(30-13-15)25(27,28)29/h3-8,11-13H,9-10H2,1-2H3,(H,31,32,34). The average Bonchev–Trinajstić information content (AvgIpc) is 3.24. The third kappa shape index (κ3) is 4.32. The summed E-state index contributed by atoms with van der Waals surface area (Å²) in [6.07, 6.45) is -2.37. The molecule has 180 valence electrons. The SMILES string of the molecule is CC1(C)CCN(c2ccc(-c3noc(=O)[nH]3)c(Cl)c2)c2ccc(-c3ccc(C(F)(F)F)nc3)cc21. The highest BCUT2D eigenvalue weighted by Crippen LogP contribution is 2.45. The molecular weight excluding hydrogens is 481 g/mol. The van der Waals surface area contributed by atoms with Crippen LogP contribution in [0.1, 0.15) is 31.5 Å². The summed E-state index contributed by atoms with van der Waals surface area (Å²) in [5.74, 6) is -0.409. The molecule has 0 atom stereocenters. The summed E-state index contributed by atoms with van der Waals surface area (Å²) in [4.78, 5) is 19.5. The highest BCUT2D eigenvalue weighted by molar-refractivity contribution is 6.33. The summed E-state index contributed by atoms with van der Waals surface area (Å²) in [5, 5.41) is 4.10. The maximum absolute atomic E-state index is 12.9. The van der Waals surface area contributed by atoms with Gasteiger partial charge in [0.1, 0.15) is 5.69 Å². The Bertz CT molecular complexity index is 1460. The Hall–Kier alpha value is -3.59. The first-order valence-electron chi connectivity index (χ1n) is 10.8. The van der Waals surface area contributed by atoms with Gasteiger partial charge in [-0.15, -0.1) is 0 Å². The van der Waals surface area contributed by atoms with Crippen LogP contribution in [0.2, 0.25) is 5.02 Å². The lowest BCUT2D eigenvalue weighted by Gasteiger charge is -2.40. The first-order valence-corrected chi connectivity index (χ1v) is 11.2. The van der Waals surface area contributed by atoms with Crippen LogP contribution in [-0.4, -0.2) is 21.7 Å². The van der Waals surface area contributed by atoms with Gasteiger partial charge in [0.2, 0.25) is 0 Å². The number of rotatable bonds is 3. The van der Waals surface area contributed by atoms with Crippen molar-refractivity contribution in [3.05, 3.63) is 81.6 Å². The molecule has 1 aliphatic heterocycles. The molecule has 0 radical (unpaired) electrons. The number of nitrogens with zero attached hydrogens (tertiary/aromatic N) is 3. The molecule has 0 fully saturated rings. The lowest BCUT2D eigenvalue weighted by atomic mass is 9.76. The predicted molar refractivity (Wildman–Crippen MR) is 127 cm³/mol. The van der Waals surface area contributed by atoms with Gasteiger partial charge in [-0.25, -0.2) is 4.79 Å². The number of hydrogen-bond donors (Lipinski definition) is 1. The lowest BCUT2D eigenvalue weighted by molar-refractivity contribution is -0.141. The summed E-state index contributed by atoms with van der Waals surface area (Å²) in [6, 6.07) is 13.8. The predicted octanol–water partition coefficient (Wildman–Crippen LogP) is 6.58. The highest BCUT2D eigenvalue weighted by atomic mass is 35.5. The minimum Gasteiger partial charge on any atom is -0.341 e. The number of hydrogen-bond acceptors (Lipinski definition) is 5. The van der Waals surface area contributed by atoms with Crippen LogP contribution in [0.4, 0.5) is 24.5 Å². The number of H-pyrrole nitrogens is 1. The molecule has 2 aromatic carbocycles. The lowest BCUT2D eigenvalue weighted by Crippen LogP contribution is -2.34. The van der Waals surface area contributed by atoms with Gasteiger partial charge < -0.3 is 4.90 Å². The molecule has 4 aromatic rings. The molecule has 5 rings (SSSR count). The number of pyridine rings is 1. The van der Waals surface area contributed by atoms with E-state index < -0.39 is 17.6 Å². The van der Waals surface area contributed by atoms with E-state index in [0.717, 1.165) is 41.5 Å². The van der Waals surface area contributed by atoms with Crippen LogP contribution in [0.25, 0.3) is 22.5 Å². The molecule has 0 amide bonds. The normalized spacial score (nSPS) is 15.2. The fourth-order valence-corrected chi connectivity index (χ4v) is 4.61. The Kier molecular flexibility index (Phi) is 5.47. The van der Waals surface area contributed by atoms with E-state index in [1.54, 1.807) is 12.1 Å². The molecule has 3 heterocycles. The number of halogens is 4. The van der Waals surface area contributed by atoms with E-state index in [0.29, 0.717) is 16.1 Å². The number of benzene rings is 2. The van der Waals surface area contributed by atoms with Crippen LogP contribution in [0.3, 0.4) is 0 Å². The monoisotopic (exact) mass is 500 g/mol. The molecule has 0 bridgehead atoms. The number of fused-ring (bicyclic) bond motifs is 1. The van der Waals surface area contributed by atoms with E-state index in [1.165, 1.54) is 12.3 Å². The van der Waals surface area contributed by atoms with Gasteiger partial charge in [-0.3, -0.25) is 14.5 Å². The zero-order valence-electron chi connectivity index (χ0n) is 18.8. The molecule has 2 aromatic heterocycles. The molecule has 0 saturated carbocycles. The molecule has 0 unspecified atom stereocenters. The van der Waals surface area contributed by atoms with Crippen molar-refractivity contribution in [2.75, 3.05) is 11.4 Å². The summed E-state index contributed by atoms with van der Waals surface area (Å²) in [6.45, 7) is 5.04. The molecule has 0 saturated heterocycles. The van der Waals surface area contributed by atoms with Gasteiger partial charge in [0.05, 0.1) is 5.02 Å². The first-order chi connectivity index (χ1) is 16.5. The smallest absolute Gasteiger partial charge is 0.341 e. The van der Waals surface area contributed by atoms with Crippen molar-refractivity contribution in [3.63, 3.8) is 0 Å². The summed E-state index contributed by atoms with van der Waals surface area (Å²) in [7, 11) is 0. The van der Waals surface area contributed by atoms with Crippen molar-refractivity contribution in [1.29, 1.82) is 0 Å². The van der Waals surface area contributed by atoms with Crippen LogP contribution in [0.5, 0.6) is 0 Å². The summed E-state index contributed by atoms with van der Waals surface area (Å²) >= 11 is 6.51. The van der Waals surface area contributed by atoms with Gasteiger partial charge >= 0.3 is 11.9 Å². The molecule has 6 nitrogen and oxygen atoms in total. The molecule has 0 aliphatic carbocycles. The van der Waals surface area contributed by atoms with Crippen molar-refractivity contribution in [2.24, 2.45) is 0 Å². The van der Waals surface area contributed by atoms with E-state index in [9.17, 15) is 18.0 Å². The molecular formula is C25H20ClF3N4O2. The van der Waals surface area contributed by atoms with E-state index in [2.05, 4.69) is 38.4 Å². The molecule has 35 heavy (non-hydrogen) atoms. The maximum Gasteiger partial charge on any atom is 0.439 e. The zero-order valence-corrected chi connectivity index (χ0v) is 19.5. The molecule has 1 aliphatic rings. The third-order valence-electron chi connectivity index (χ3n) is 6.32. The maximum atomic E-state index is 12.9. The summed E-state index contributed by atoms with van der Waals surface area (Å²) < 4.78 is 43.3. The highest BCUT2D eigenvalue weighted by Gasteiger charge is 2.33. The average molecular weight is 501 g/mol. The third-order valence-corrected chi connectivity index (χ3v) is 6.64. The van der Waals surface area contributed by atoms with Crippen molar-refractivity contribution < 1.29 is 17.7 Å². The van der Waals surface area contributed by atoms with Gasteiger partial charge in [-0.2, -0.15) is 13.2 Å². The fourth-order valence-electron chi connectivity index (χ4n) is 4.35. The van der Waals surface area contributed by atoms with E-state index in [1.807, 2.05) is 24.3 Å². The van der Waals surface area contributed by atoms with Crippen LogP contribution < -0.4 is 10.7 Å². The zero-order chi connectivity index (χ0) is 25.0. The second-order valence-electron chi connectivity index (χ2n) is 9.06. The van der Waals surface area contributed by atoms with Crippen molar-refractivity contribution in [3.8, 4) is 22.5 Å². The minimum absolute atomic E-state index is 0.148. The van der Waals surface area contributed by atoms with Crippen molar-refractivity contribution >= 4 is 23.0 Å². The molecule has 1 N–H and O–H groups in total. The van der Waals surface area contributed by atoms with Gasteiger partial charge in [0, 0.05) is 35.2 Å². The number of nitrogens with one attached hydrogen (secondary N) is 1. The second kappa shape index (κ2) is 8.27. The Morgan fingerprint density at radius 1 is 1.09 bits per heavy atom. The quantitative estimate of drug-likeness (QED) is 0.344. The number of anilines is 2. The topological polar surface area (TPSA) is 75.0 Å². The van der Waals surface area contributed by atoms with Crippen molar-refractivity contribution in [2.45, 2.75) is 31.9 Å². The van der Waals surface area contributed by atoms with Gasteiger partial charge in [0.25, 0.3) is 0 Å². The van der Waals surface area contributed by atoms with Crippen LogP contribution in [-0.2, 0) is 11.6 Å². The van der Waals surface area contributed by atoms with E-state index >= 15 is 0 Å². The number of aromatic amines is 1. The first kappa shape index (κ1) is 23.2. The van der Waals surface area contributed by atoms with Crippen LogP contribution in [0.15, 0.2) is 64.0 Å². The van der Waals surface area contributed by atoms with Crippen LogP contribution in [0, 0.1) is 0 Å². The Morgan fingerprint density at radius 2 is 1.86 bits per heavy atom. The van der Waals surface area contributed by atoms with E-state index in [4.69, 9.17) is 11.6 Å². The Labute approximate surface area is 203 Å². The molecule has 0 spiro atoms. The minimum atomic E-state index is -4.48. The number of aromatic nitrogens is 3. The fraction of sp³-hybridized carbons (Fsp3) is 0.240. The van der Waals surface area contributed by atoms with Gasteiger partial charge in [-0.1, -0.05) is 42.7 Å². The Morgan fingerprint density at radius 3 is 2.49 bits per heavy atom. The molecule has 10 heteroatoms. The number of alkyl halides is 3.